The van der Waals surface area contributed by atoms with Crippen LogP contribution in [-0.2, 0) is 40.8 Å². The predicted molar refractivity (Wildman–Crippen MR) is 148 cm³/mol. The molecule has 12 heteroatoms. The van der Waals surface area contributed by atoms with E-state index in [1.807, 2.05) is 0 Å². The molecular formula is C28H42ClN3O7S. The first-order valence-electron chi connectivity index (χ1n) is 14.6. The van der Waals surface area contributed by atoms with Gasteiger partial charge in [-0.25, -0.2) is 8.42 Å². The summed E-state index contributed by atoms with van der Waals surface area (Å²) in [6.07, 6.45) is 9.02. The van der Waals surface area contributed by atoms with Crippen molar-refractivity contribution in [3.05, 3.63) is 29.8 Å². The molecule has 0 atom stereocenters. The lowest BCUT2D eigenvalue weighted by Gasteiger charge is -2.60. The number of nitrogens with zero attached hydrogens (tertiary/aromatic N) is 1. The second kappa shape index (κ2) is 12.1. The van der Waals surface area contributed by atoms with Crippen LogP contribution in [0.4, 0.5) is 0 Å². The van der Waals surface area contributed by atoms with E-state index in [1.165, 1.54) is 10.7 Å². The van der Waals surface area contributed by atoms with Crippen LogP contribution >= 0.6 is 12.4 Å². The molecule has 2 aliphatic heterocycles. The molecule has 2 saturated heterocycles. The van der Waals surface area contributed by atoms with Gasteiger partial charge in [0.25, 0.3) is 0 Å². The number of nitrogens with one attached hydrogen (secondary N) is 1. The van der Waals surface area contributed by atoms with Crippen molar-refractivity contribution in [1.29, 1.82) is 0 Å². The van der Waals surface area contributed by atoms with Crippen LogP contribution in [0.25, 0.3) is 0 Å². The third-order valence-corrected chi connectivity index (χ3v) is 11.5. The number of hydrogen-bond acceptors (Lipinski definition) is 8. The van der Waals surface area contributed by atoms with Gasteiger partial charge in [0, 0.05) is 50.7 Å². The summed E-state index contributed by atoms with van der Waals surface area (Å²) in [4.78, 5) is 36.3. The standard InChI is InChI=1S/C28H41N3O7S.ClH/c29-11-1-2-12-30-26(32)8-5-20-3-6-25(7-4-20)39(33,34)31-13-9-27(10-14-31)35-37-28(38-36-27)23-16-21-15-22(18-23)19-24(28)17-21;/h3-4,6-7,21-24H,1-2,5,8-19,29H2,(H,30,32);1H. The topological polar surface area (TPSA) is 129 Å². The molecule has 0 radical (unpaired) electrons. The van der Waals surface area contributed by atoms with Gasteiger partial charge in [-0.15, -0.1) is 12.4 Å². The molecule has 2 heterocycles. The van der Waals surface area contributed by atoms with Gasteiger partial charge in [-0.1, -0.05) is 12.1 Å². The Balaban J connectivity index is 0.00000323. The Hall–Kier alpha value is -1.31. The van der Waals surface area contributed by atoms with E-state index in [-0.39, 0.29) is 36.3 Å². The van der Waals surface area contributed by atoms with Crippen molar-refractivity contribution < 1.29 is 32.8 Å². The smallest absolute Gasteiger partial charge is 0.243 e. The van der Waals surface area contributed by atoms with Crippen molar-refractivity contribution in [2.75, 3.05) is 26.2 Å². The highest BCUT2D eigenvalue weighted by molar-refractivity contribution is 7.89. The fourth-order valence-corrected chi connectivity index (χ4v) is 8.92. The van der Waals surface area contributed by atoms with Gasteiger partial charge in [-0.05, 0) is 87.4 Å². The van der Waals surface area contributed by atoms with Gasteiger partial charge in [0.05, 0.1) is 4.90 Å². The molecule has 4 aliphatic carbocycles. The molecule has 4 bridgehead atoms. The van der Waals surface area contributed by atoms with Crippen LogP contribution in [-0.4, -0.2) is 56.4 Å². The zero-order chi connectivity index (χ0) is 27.1. The number of carbonyl (C=O) groups excluding carboxylic acids is 1. The Bertz CT molecular complexity index is 1100. The van der Waals surface area contributed by atoms with Crippen molar-refractivity contribution in [1.82, 2.24) is 9.62 Å². The summed E-state index contributed by atoms with van der Waals surface area (Å²) in [6.45, 7) is 1.73. The Labute approximate surface area is 242 Å². The van der Waals surface area contributed by atoms with Crippen molar-refractivity contribution in [2.45, 2.75) is 87.1 Å². The number of rotatable bonds is 9. The van der Waals surface area contributed by atoms with Crippen LogP contribution in [0, 0.1) is 23.7 Å². The van der Waals surface area contributed by atoms with E-state index in [9.17, 15) is 13.2 Å². The minimum absolute atomic E-state index is 0. The van der Waals surface area contributed by atoms with Crippen molar-refractivity contribution in [3.63, 3.8) is 0 Å². The summed E-state index contributed by atoms with van der Waals surface area (Å²) < 4.78 is 28.1. The number of carbonyl (C=O) groups is 1. The maximum Gasteiger partial charge on any atom is 0.243 e. The molecule has 1 aromatic rings. The zero-order valence-corrected chi connectivity index (χ0v) is 24.6. The molecule has 224 valence electrons. The van der Waals surface area contributed by atoms with Crippen molar-refractivity contribution >= 4 is 28.3 Å². The number of halogens is 1. The average molecular weight is 600 g/mol. The third-order valence-electron chi connectivity index (χ3n) is 9.56. The lowest BCUT2D eigenvalue weighted by Crippen LogP contribution is -2.65. The summed E-state index contributed by atoms with van der Waals surface area (Å²) in [6, 6.07) is 6.79. The molecular weight excluding hydrogens is 558 g/mol. The summed E-state index contributed by atoms with van der Waals surface area (Å²) in [5.41, 5.74) is 6.38. The molecule has 0 unspecified atom stereocenters. The summed E-state index contributed by atoms with van der Waals surface area (Å²) in [5, 5.41) is 2.89. The maximum atomic E-state index is 13.3. The SMILES string of the molecule is Cl.NCCCCNC(=O)CCc1ccc(S(=O)(=O)N2CCC3(CC2)OOC2(OO3)C3CC4CC(C3)CC2C4)cc1. The minimum atomic E-state index is -3.67. The van der Waals surface area contributed by atoms with Crippen molar-refractivity contribution in [3.8, 4) is 0 Å². The first kappa shape index (κ1) is 30.2. The molecule has 2 spiro atoms. The normalized spacial score (nSPS) is 30.3. The number of benzene rings is 1. The summed E-state index contributed by atoms with van der Waals surface area (Å²) >= 11 is 0. The van der Waals surface area contributed by atoms with E-state index in [0.29, 0.717) is 50.6 Å². The van der Waals surface area contributed by atoms with Crippen molar-refractivity contribution in [2.24, 2.45) is 29.4 Å². The summed E-state index contributed by atoms with van der Waals surface area (Å²) in [7, 11) is -3.67. The largest absolute Gasteiger partial charge is 0.356 e. The molecule has 1 amide bonds. The highest BCUT2D eigenvalue weighted by Crippen LogP contribution is 2.61. The number of amides is 1. The van der Waals surface area contributed by atoms with Crippen LogP contribution < -0.4 is 11.1 Å². The van der Waals surface area contributed by atoms with Gasteiger partial charge in [0.2, 0.25) is 27.5 Å². The minimum Gasteiger partial charge on any atom is -0.356 e. The third kappa shape index (κ3) is 5.81. The molecule has 4 saturated carbocycles. The van der Waals surface area contributed by atoms with Gasteiger partial charge in [0.15, 0.2) is 0 Å². The van der Waals surface area contributed by atoms with Crippen LogP contribution in [0.1, 0.15) is 69.8 Å². The number of nitrogens with two attached hydrogens (primary N) is 1. The van der Waals surface area contributed by atoms with E-state index in [4.69, 9.17) is 25.3 Å². The maximum absolute atomic E-state index is 13.3. The molecule has 40 heavy (non-hydrogen) atoms. The Morgan fingerprint density at radius 1 is 0.925 bits per heavy atom. The molecule has 6 aliphatic rings. The highest BCUT2D eigenvalue weighted by atomic mass is 35.5. The number of hydrogen-bond donors (Lipinski definition) is 2. The van der Waals surface area contributed by atoms with Gasteiger partial charge >= 0.3 is 0 Å². The Morgan fingerprint density at radius 3 is 2.10 bits per heavy atom. The van der Waals surface area contributed by atoms with Crippen LogP contribution in [0.15, 0.2) is 29.2 Å². The fraction of sp³-hybridized carbons (Fsp3) is 0.750. The number of piperidine rings is 1. The quantitative estimate of drug-likeness (QED) is 0.326. The van der Waals surface area contributed by atoms with Gasteiger partial charge in [0.1, 0.15) is 0 Å². The molecule has 10 nitrogen and oxygen atoms in total. The zero-order valence-electron chi connectivity index (χ0n) is 22.9. The lowest BCUT2D eigenvalue weighted by atomic mass is 9.53. The molecule has 1 aromatic carbocycles. The highest BCUT2D eigenvalue weighted by Gasteiger charge is 2.64. The van der Waals surface area contributed by atoms with Gasteiger partial charge < -0.3 is 11.1 Å². The molecule has 6 fully saturated rings. The van der Waals surface area contributed by atoms with Gasteiger partial charge in [-0.2, -0.15) is 23.9 Å². The van der Waals surface area contributed by atoms with Gasteiger partial charge in [-0.3, -0.25) is 4.79 Å². The predicted octanol–water partition coefficient (Wildman–Crippen LogP) is 3.44. The number of unbranched alkanes of at least 4 members (excludes halogenated alkanes) is 1. The fourth-order valence-electron chi connectivity index (χ4n) is 7.48. The molecule has 3 N–H and O–H groups in total. The van der Waals surface area contributed by atoms with E-state index < -0.39 is 21.6 Å². The Kier molecular flexibility index (Phi) is 9.14. The van der Waals surface area contributed by atoms with Crippen LogP contribution in [0.5, 0.6) is 0 Å². The van der Waals surface area contributed by atoms with E-state index in [1.54, 1.807) is 24.3 Å². The average Bonchev–Trinajstić information content (AvgIpc) is 2.94. The van der Waals surface area contributed by atoms with E-state index >= 15 is 0 Å². The number of sulfonamides is 1. The second-order valence-corrected chi connectivity index (χ2v) is 14.1. The Morgan fingerprint density at radius 2 is 1.52 bits per heavy atom. The monoisotopic (exact) mass is 599 g/mol. The second-order valence-electron chi connectivity index (χ2n) is 12.2. The van der Waals surface area contributed by atoms with E-state index in [2.05, 4.69) is 5.32 Å². The molecule has 0 aromatic heterocycles. The lowest BCUT2D eigenvalue weighted by molar-refractivity contribution is -0.680. The molecule has 7 rings (SSSR count). The van der Waals surface area contributed by atoms with Crippen LogP contribution in [0.2, 0.25) is 0 Å². The summed E-state index contributed by atoms with van der Waals surface area (Å²) in [5.74, 6) is 0.213. The first-order valence-corrected chi connectivity index (χ1v) is 16.1. The van der Waals surface area contributed by atoms with Crippen LogP contribution in [0.3, 0.4) is 0 Å². The number of aryl methyl sites for hydroxylation is 1. The first-order chi connectivity index (χ1) is 18.8. The van der Waals surface area contributed by atoms with E-state index in [0.717, 1.165) is 55.9 Å².